The lowest BCUT2D eigenvalue weighted by molar-refractivity contribution is 0.275. The van der Waals surface area contributed by atoms with Gasteiger partial charge in [0.2, 0.25) is 0 Å². The van der Waals surface area contributed by atoms with Gasteiger partial charge in [0.1, 0.15) is 5.75 Å². The number of anilines is 1. The third-order valence-electron chi connectivity index (χ3n) is 2.54. The number of aliphatic hydroxyl groups excluding tert-OH is 1. The number of aliphatic hydroxyl groups is 1. The van der Waals surface area contributed by atoms with Crippen molar-refractivity contribution >= 4 is 5.69 Å². The molecule has 0 aromatic heterocycles. The van der Waals surface area contributed by atoms with E-state index in [0.717, 1.165) is 18.2 Å². The van der Waals surface area contributed by atoms with Crippen LogP contribution in [0.2, 0.25) is 0 Å². The van der Waals surface area contributed by atoms with Crippen LogP contribution in [0.15, 0.2) is 18.2 Å². The van der Waals surface area contributed by atoms with Gasteiger partial charge in [-0.25, -0.2) is 0 Å². The number of hydrogen-bond acceptors (Lipinski definition) is 3. The minimum Gasteiger partial charge on any atom is -0.508 e. The molecule has 0 radical (unpaired) electrons. The van der Waals surface area contributed by atoms with Gasteiger partial charge in [0.05, 0.1) is 6.61 Å². The van der Waals surface area contributed by atoms with Gasteiger partial charge in [-0.15, -0.1) is 0 Å². The molecule has 0 aliphatic heterocycles. The number of nitrogens with one attached hydrogen (secondary N) is 1. The molecule has 1 aromatic rings. The molecule has 1 saturated carbocycles. The van der Waals surface area contributed by atoms with E-state index in [9.17, 15) is 5.11 Å². The summed E-state index contributed by atoms with van der Waals surface area (Å²) in [6.45, 7) is 0.875. The predicted octanol–water partition coefficient (Wildman–Crippen LogP) is 1.71. The van der Waals surface area contributed by atoms with Crippen LogP contribution in [0.3, 0.4) is 0 Å². The van der Waals surface area contributed by atoms with E-state index in [2.05, 4.69) is 5.32 Å². The fraction of sp³-hybridized carbons (Fsp3) is 0.455. The van der Waals surface area contributed by atoms with Gasteiger partial charge in [0, 0.05) is 17.8 Å². The Kier molecular flexibility index (Phi) is 2.59. The molecule has 1 aliphatic carbocycles. The Balaban J connectivity index is 2.01. The zero-order valence-corrected chi connectivity index (χ0v) is 8.03. The summed E-state index contributed by atoms with van der Waals surface area (Å²) in [7, 11) is 0. The Morgan fingerprint density at radius 2 is 2.14 bits per heavy atom. The second kappa shape index (κ2) is 3.88. The van der Waals surface area contributed by atoms with Gasteiger partial charge in [-0.05, 0) is 37.0 Å². The predicted molar refractivity (Wildman–Crippen MR) is 55.2 cm³/mol. The van der Waals surface area contributed by atoms with E-state index < -0.39 is 0 Å². The molecule has 3 N–H and O–H groups in total. The highest BCUT2D eigenvalue weighted by Gasteiger charge is 2.20. The number of aromatic hydroxyl groups is 1. The van der Waals surface area contributed by atoms with Crippen LogP contribution in [-0.2, 0) is 6.61 Å². The molecule has 1 fully saturated rings. The van der Waals surface area contributed by atoms with Crippen LogP contribution in [0.4, 0.5) is 5.69 Å². The molecule has 0 amide bonds. The van der Waals surface area contributed by atoms with Crippen LogP contribution in [0, 0.1) is 5.92 Å². The molecular formula is C11H15NO2. The van der Waals surface area contributed by atoms with E-state index in [4.69, 9.17) is 5.11 Å². The van der Waals surface area contributed by atoms with Gasteiger partial charge in [-0.3, -0.25) is 0 Å². The number of hydrogen-bond donors (Lipinski definition) is 3. The Morgan fingerprint density at radius 1 is 1.36 bits per heavy atom. The van der Waals surface area contributed by atoms with Gasteiger partial charge in [-0.2, -0.15) is 0 Å². The SMILES string of the molecule is OCc1cc(NCC2CC2)ccc1O. The molecule has 3 nitrogen and oxygen atoms in total. The minimum atomic E-state index is -0.120. The lowest BCUT2D eigenvalue weighted by Crippen LogP contribution is -2.03. The molecule has 0 bridgehead atoms. The third kappa shape index (κ3) is 2.17. The first-order chi connectivity index (χ1) is 6.79. The third-order valence-corrected chi connectivity index (χ3v) is 2.54. The highest BCUT2D eigenvalue weighted by molar-refractivity contribution is 5.50. The fourth-order valence-electron chi connectivity index (χ4n) is 1.41. The largest absolute Gasteiger partial charge is 0.508 e. The molecule has 0 unspecified atom stereocenters. The van der Waals surface area contributed by atoms with E-state index in [1.54, 1.807) is 12.1 Å². The van der Waals surface area contributed by atoms with Crippen molar-refractivity contribution in [2.24, 2.45) is 5.92 Å². The maximum Gasteiger partial charge on any atom is 0.121 e. The van der Waals surface area contributed by atoms with Crippen LogP contribution in [0.5, 0.6) is 5.75 Å². The second-order valence-corrected chi connectivity index (χ2v) is 3.83. The molecule has 0 heterocycles. The van der Waals surface area contributed by atoms with Gasteiger partial charge >= 0.3 is 0 Å². The fourth-order valence-corrected chi connectivity index (χ4v) is 1.41. The molecule has 1 aliphatic rings. The quantitative estimate of drug-likeness (QED) is 0.638. The van der Waals surface area contributed by atoms with Crippen molar-refractivity contribution in [3.05, 3.63) is 23.8 Å². The first-order valence-electron chi connectivity index (χ1n) is 4.96. The topological polar surface area (TPSA) is 52.5 Å². The smallest absolute Gasteiger partial charge is 0.121 e. The second-order valence-electron chi connectivity index (χ2n) is 3.83. The van der Waals surface area contributed by atoms with Gasteiger partial charge in [0.15, 0.2) is 0 Å². The summed E-state index contributed by atoms with van der Waals surface area (Å²) < 4.78 is 0. The maximum absolute atomic E-state index is 9.34. The minimum absolute atomic E-state index is 0.120. The van der Waals surface area contributed by atoms with E-state index >= 15 is 0 Å². The highest BCUT2D eigenvalue weighted by Crippen LogP contribution is 2.29. The van der Waals surface area contributed by atoms with Gasteiger partial charge in [-0.1, -0.05) is 0 Å². The average molecular weight is 193 g/mol. The van der Waals surface area contributed by atoms with Crippen molar-refractivity contribution in [2.75, 3.05) is 11.9 Å². The van der Waals surface area contributed by atoms with Crippen molar-refractivity contribution in [3.8, 4) is 5.75 Å². The molecule has 0 atom stereocenters. The van der Waals surface area contributed by atoms with Crippen molar-refractivity contribution < 1.29 is 10.2 Å². The van der Waals surface area contributed by atoms with E-state index in [1.165, 1.54) is 12.8 Å². The number of phenols is 1. The molecule has 1 aromatic carbocycles. The summed E-state index contributed by atoms with van der Waals surface area (Å²) in [6, 6.07) is 5.23. The lowest BCUT2D eigenvalue weighted by atomic mass is 10.2. The molecule has 0 saturated heterocycles. The highest BCUT2D eigenvalue weighted by atomic mass is 16.3. The molecule has 2 rings (SSSR count). The standard InChI is InChI=1S/C11H15NO2/c13-7-9-5-10(3-4-11(9)14)12-6-8-1-2-8/h3-5,8,12-14H,1-2,6-7H2. The maximum atomic E-state index is 9.34. The Labute approximate surface area is 83.4 Å². The zero-order chi connectivity index (χ0) is 9.97. The number of rotatable bonds is 4. The molecule has 14 heavy (non-hydrogen) atoms. The summed E-state index contributed by atoms with van der Waals surface area (Å²) in [5, 5.41) is 21.6. The van der Waals surface area contributed by atoms with E-state index in [1.807, 2.05) is 6.07 Å². The monoisotopic (exact) mass is 193 g/mol. The molecule has 3 heteroatoms. The van der Waals surface area contributed by atoms with E-state index in [0.29, 0.717) is 5.56 Å². The van der Waals surface area contributed by atoms with Crippen LogP contribution in [0.25, 0.3) is 0 Å². The molecule has 0 spiro atoms. The first-order valence-corrected chi connectivity index (χ1v) is 4.96. The van der Waals surface area contributed by atoms with Gasteiger partial charge < -0.3 is 15.5 Å². The van der Waals surface area contributed by atoms with Crippen LogP contribution < -0.4 is 5.32 Å². The Morgan fingerprint density at radius 3 is 2.79 bits per heavy atom. The summed E-state index contributed by atoms with van der Waals surface area (Å²) in [5.74, 6) is 0.978. The lowest BCUT2D eigenvalue weighted by Gasteiger charge is -2.07. The van der Waals surface area contributed by atoms with Crippen molar-refractivity contribution in [1.29, 1.82) is 0 Å². The van der Waals surface area contributed by atoms with Crippen LogP contribution >= 0.6 is 0 Å². The van der Waals surface area contributed by atoms with Gasteiger partial charge in [0.25, 0.3) is 0 Å². The summed E-state index contributed by atoms with van der Waals surface area (Å²) in [6.07, 6.45) is 2.63. The average Bonchev–Trinajstić information content (AvgIpc) is 3.00. The van der Waals surface area contributed by atoms with Crippen LogP contribution in [0.1, 0.15) is 18.4 Å². The first kappa shape index (κ1) is 9.34. The van der Waals surface area contributed by atoms with E-state index in [-0.39, 0.29) is 12.4 Å². The van der Waals surface area contributed by atoms with Crippen molar-refractivity contribution in [3.63, 3.8) is 0 Å². The Bertz CT molecular complexity index is 321. The number of benzene rings is 1. The summed E-state index contributed by atoms with van der Waals surface area (Å²) in [5.41, 5.74) is 1.55. The molecule has 76 valence electrons. The summed E-state index contributed by atoms with van der Waals surface area (Å²) >= 11 is 0. The zero-order valence-electron chi connectivity index (χ0n) is 8.03. The molecular weight excluding hydrogens is 178 g/mol. The van der Waals surface area contributed by atoms with Crippen molar-refractivity contribution in [2.45, 2.75) is 19.4 Å². The van der Waals surface area contributed by atoms with Crippen LogP contribution in [-0.4, -0.2) is 16.8 Å². The van der Waals surface area contributed by atoms with Crippen molar-refractivity contribution in [1.82, 2.24) is 0 Å². The normalized spacial score (nSPS) is 15.5. The summed E-state index contributed by atoms with van der Waals surface area (Å²) in [4.78, 5) is 0. The Hall–Kier alpha value is -1.22.